The third-order valence-electron chi connectivity index (χ3n) is 6.77. The summed E-state index contributed by atoms with van der Waals surface area (Å²) in [4.78, 5) is 16.3. The van der Waals surface area contributed by atoms with Crippen LogP contribution in [-0.4, -0.2) is 77.9 Å². The average Bonchev–Trinajstić information content (AvgIpc) is 2.81. The largest absolute Gasteiger partial charge is 0.421 e. The fraction of sp³-hybridized carbons (Fsp3) is 0.520. The number of rotatable bonds is 7. The molecule has 7 nitrogen and oxygen atoms in total. The average molecular weight is 560 g/mol. The quantitative estimate of drug-likeness (QED) is 0.513. The SMILES string of the molecule is CC(=O)N(C[C@H]1CN(S(=O)(=O)C2=CC=CCC2=S)CCN1c1ccc([C@](C)(O)C(F)(F)F)cc1)C(C)C. The van der Waals surface area contributed by atoms with Gasteiger partial charge in [0.05, 0.1) is 10.9 Å². The molecule has 0 aromatic heterocycles. The summed E-state index contributed by atoms with van der Waals surface area (Å²) in [5.41, 5.74) is -2.76. The van der Waals surface area contributed by atoms with Gasteiger partial charge in [0.15, 0.2) is 5.60 Å². The number of piperazine rings is 1. The van der Waals surface area contributed by atoms with Crippen LogP contribution in [-0.2, 0) is 20.4 Å². The van der Waals surface area contributed by atoms with Crippen LogP contribution >= 0.6 is 12.2 Å². The van der Waals surface area contributed by atoms with Gasteiger partial charge in [0, 0.05) is 56.1 Å². The predicted octanol–water partition coefficient (Wildman–Crippen LogP) is 3.75. The van der Waals surface area contributed by atoms with E-state index in [1.807, 2.05) is 18.7 Å². The summed E-state index contributed by atoms with van der Waals surface area (Å²) in [5.74, 6) is -0.173. The maximum absolute atomic E-state index is 13.4. The molecule has 1 aromatic carbocycles. The van der Waals surface area contributed by atoms with E-state index in [2.05, 4.69) is 0 Å². The van der Waals surface area contributed by atoms with Gasteiger partial charge < -0.3 is 14.9 Å². The van der Waals surface area contributed by atoms with Gasteiger partial charge in [0.25, 0.3) is 0 Å². The van der Waals surface area contributed by atoms with E-state index in [9.17, 15) is 31.5 Å². The first-order valence-electron chi connectivity index (χ1n) is 11.9. The van der Waals surface area contributed by atoms with Gasteiger partial charge in [-0.25, -0.2) is 8.42 Å². The molecule has 1 saturated heterocycles. The zero-order chi connectivity index (χ0) is 27.8. The molecular formula is C25H32F3N3O4S2. The fourth-order valence-corrected chi connectivity index (χ4v) is 6.58. The van der Waals surface area contributed by atoms with Crippen LogP contribution in [0.3, 0.4) is 0 Å². The topological polar surface area (TPSA) is 81.2 Å². The minimum atomic E-state index is -4.85. The number of sulfonamides is 1. The highest BCUT2D eigenvalue weighted by Gasteiger charge is 2.51. The number of amides is 1. The molecule has 2 atom stereocenters. The Balaban J connectivity index is 1.95. The summed E-state index contributed by atoms with van der Waals surface area (Å²) in [7, 11) is -3.88. The van der Waals surface area contributed by atoms with Gasteiger partial charge in [-0.15, -0.1) is 0 Å². The van der Waals surface area contributed by atoms with Crippen LogP contribution in [0.5, 0.6) is 0 Å². The summed E-state index contributed by atoms with van der Waals surface area (Å²) < 4.78 is 68.1. The summed E-state index contributed by atoms with van der Waals surface area (Å²) in [5, 5.41) is 10.0. The Morgan fingerprint density at radius 3 is 2.35 bits per heavy atom. The number of nitrogens with zero attached hydrogens (tertiary/aromatic N) is 3. The van der Waals surface area contributed by atoms with Crippen molar-refractivity contribution in [3.63, 3.8) is 0 Å². The number of alkyl halides is 3. The lowest BCUT2D eigenvalue weighted by Gasteiger charge is -2.44. The van der Waals surface area contributed by atoms with Crippen molar-refractivity contribution in [3.8, 4) is 0 Å². The van der Waals surface area contributed by atoms with Crippen LogP contribution in [0.2, 0.25) is 0 Å². The Kier molecular flexibility index (Phi) is 8.57. The highest BCUT2D eigenvalue weighted by atomic mass is 32.2. The van der Waals surface area contributed by atoms with Gasteiger partial charge >= 0.3 is 6.18 Å². The molecule has 0 saturated carbocycles. The lowest BCUT2D eigenvalue weighted by molar-refractivity contribution is -0.258. The minimum Gasteiger partial charge on any atom is -0.376 e. The van der Waals surface area contributed by atoms with Crippen LogP contribution in [0.1, 0.15) is 39.7 Å². The van der Waals surface area contributed by atoms with E-state index in [4.69, 9.17) is 12.2 Å². The van der Waals surface area contributed by atoms with Crippen molar-refractivity contribution >= 4 is 38.7 Å². The van der Waals surface area contributed by atoms with Crippen molar-refractivity contribution in [2.45, 2.75) is 58.0 Å². The highest BCUT2D eigenvalue weighted by Crippen LogP contribution is 2.39. The standard InChI is InChI=1S/C25H32F3N3O4S2/c1-17(2)31(18(3)32)16-21-15-29(37(34,35)23-8-6-5-7-22(23)36)13-14-30(21)20-11-9-19(10-12-20)24(4,33)25(26,27)28/h5-6,8-12,17,21,33H,7,13-16H2,1-4H3/t21-,24+/m1/s1. The lowest BCUT2D eigenvalue weighted by atomic mass is 9.95. The van der Waals surface area contributed by atoms with E-state index in [-0.39, 0.29) is 48.6 Å². The summed E-state index contributed by atoms with van der Waals surface area (Å²) in [6.45, 7) is 6.50. The van der Waals surface area contributed by atoms with E-state index in [0.29, 0.717) is 23.9 Å². The second-order valence-electron chi connectivity index (χ2n) is 9.68. The van der Waals surface area contributed by atoms with Gasteiger partial charge in [-0.1, -0.05) is 36.5 Å². The molecule has 12 heteroatoms. The molecule has 1 amide bonds. The molecule has 204 valence electrons. The number of thiocarbonyl (C=S) groups is 1. The Labute approximate surface area is 221 Å². The van der Waals surface area contributed by atoms with Crippen molar-refractivity contribution in [1.29, 1.82) is 0 Å². The van der Waals surface area contributed by atoms with E-state index in [1.165, 1.54) is 41.6 Å². The Morgan fingerprint density at radius 1 is 1.22 bits per heavy atom. The number of aliphatic hydroxyl groups is 1. The molecule has 1 fully saturated rings. The zero-order valence-electron chi connectivity index (χ0n) is 21.2. The second kappa shape index (κ2) is 10.8. The Morgan fingerprint density at radius 2 is 1.84 bits per heavy atom. The van der Waals surface area contributed by atoms with Gasteiger partial charge in [-0.05, 0) is 44.5 Å². The zero-order valence-corrected chi connectivity index (χ0v) is 22.8. The van der Waals surface area contributed by atoms with E-state index in [0.717, 1.165) is 0 Å². The number of allylic oxidation sites excluding steroid dienone is 4. The van der Waals surface area contributed by atoms with Crippen molar-refractivity contribution in [2.24, 2.45) is 0 Å². The first-order valence-corrected chi connectivity index (χ1v) is 13.8. The molecule has 1 N–H and O–H groups in total. The monoisotopic (exact) mass is 559 g/mol. The number of anilines is 1. The van der Waals surface area contributed by atoms with E-state index < -0.39 is 27.8 Å². The van der Waals surface area contributed by atoms with Gasteiger partial charge in [-0.2, -0.15) is 17.5 Å². The molecule has 2 aliphatic rings. The molecule has 1 aromatic rings. The van der Waals surface area contributed by atoms with Crippen LogP contribution in [0.25, 0.3) is 0 Å². The van der Waals surface area contributed by atoms with Crippen molar-refractivity contribution in [3.05, 3.63) is 53.0 Å². The molecule has 0 bridgehead atoms. The van der Waals surface area contributed by atoms with Crippen LogP contribution < -0.4 is 4.90 Å². The van der Waals surface area contributed by atoms with Crippen molar-refractivity contribution in [1.82, 2.24) is 9.21 Å². The van der Waals surface area contributed by atoms with E-state index in [1.54, 1.807) is 17.1 Å². The molecular weight excluding hydrogens is 527 g/mol. The summed E-state index contributed by atoms with van der Waals surface area (Å²) >= 11 is 5.29. The number of carbonyl (C=O) groups is 1. The first-order chi connectivity index (χ1) is 17.1. The molecule has 37 heavy (non-hydrogen) atoms. The Hall–Kier alpha value is -2.28. The van der Waals surface area contributed by atoms with Gasteiger partial charge in [0.1, 0.15) is 0 Å². The fourth-order valence-electron chi connectivity index (χ4n) is 4.51. The summed E-state index contributed by atoms with van der Waals surface area (Å²) in [6, 6.07) is 4.76. The van der Waals surface area contributed by atoms with Crippen LogP contribution in [0.4, 0.5) is 18.9 Å². The molecule has 3 rings (SSSR count). The van der Waals surface area contributed by atoms with E-state index >= 15 is 0 Å². The maximum atomic E-state index is 13.4. The van der Waals surface area contributed by atoms with Gasteiger partial charge in [-0.3, -0.25) is 4.79 Å². The van der Waals surface area contributed by atoms with Crippen LogP contribution in [0.15, 0.2) is 47.4 Å². The van der Waals surface area contributed by atoms with Crippen LogP contribution in [0, 0.1) is 0 Å². The molecule has 1 heterocycles. The number of carbonyl (C=O) groups excluding carboxylic acids is 1. The number of benzene rings is 1. The number of hydrogen-bond acceptors (Lipinski definition) is 6. The molecule has 0 spiro atoms. The first kappa shape index (κ1) is 29.3. The smallest absolute Gasteiger partial charge is 0.376 e. The minimum absolute atomic E-state index is 0.0600. The van der Waals surface area contributed by atoms with Gasteiger partial charge in [0.2, 0.25) is 15.9 Å². The van der Waals surface area contributed by atoms with Crippen molar-refractivity contribution < 1.29 is 31.5 Å². The van der Waals surface area contributed by atoms with Crippen molar-refractivity contribution in [2.75, 3.05) is 31.1 Å². The molecule has 0 unspecified atom stereocenters. The Bertz CT molecular complexity index is 1190. The number of hydrogen-bond donors (Lipinski definition) is 1. The second-order valence-corrected chi connectivity index (χ2v) is 12.1. The third kappa shape index (κ3) is 6.08. The molecule has 0 radical (unpaired) electrons. The third-order valence-corrected chi connectivity index (χ3v) is 9.24. The molecule has 1 aliphatic carbocycles. The maximum Gasteiger partial charge on any atom is 0.421 e. The molecule has 1 aliphatic heterocycles. The normalized spacial score (nSPS) is 21.1. The summed E-state index contributed by atoms with van der Waals surface area (Å²) in [6.07, 6.45) is 0.451. The highest BCUT2D eigenvalue weighted by molar-refractivity contribution is 7.96. The number of halogens is 3. The predicted molar refractivity (Wildman–Crippen MR) is 141 cm³/mol. The lowest BCUT2D eigenvalue weighted by Crippen LogP contribution is -2.59.